The number of phenolic OH excluding ortho intramolecular Hbond substituents is 1. The molecule has 16 nitrogen and oxygen atoms in total. The number of carbonyl (C=O) groups excluding carboxylic acids is 1. The van der Waals surface area contributed by atoms with Gasteiger partial charge in [-0.25, -0.2) is 0 Å². The average Bonchev–Trinajstić information content (AvgIpc) is 3.07. The average molecular weight is 724 g/mol. The Morgan fingerprint density at radius 2 is 1.41 bits per heavy atom. The molecule has 1 aromatic heterocycles. The van der Waals surface area contributed by atoms with Crippen LogP contribution in [0, 0.1) is 0 Å². The van der Waals surface area contributed by atoms with Crippen LogP contribution in [0.5, 0.6) is 5.75 Å². The molecule has 0 bridgehead atoms. The Hall–Kier alpha value is -4.13. The first-order chi connectivity index (χ1) is 24.4. The van der Waals surface area contributed by atoms with E-state index in [1.807, 2.05) is 16.7 Å². The zero-order valence-corrected chi connectivity index (χ0v) is 30.2. The molecule has 0 radical (unpaired) electrons. The van der Waals surface area contributed by atoms with E-state index in [4.69, 9.17) is 27.9 Å². The van der Waals surface area contributed by atoms with Crippen LogP contribution >= 0.6 is 0 Å². The molecule has 5 rings (SSSR count). The Balaban J connectivity index is 1.38. The summed E-state index contributed by atoms with van der Waals surface area (Å²) in [6.45, 7) is 6.57. The topological polar surface area (TPSA) is 245 Å². The summed E-state index contributed by atoms with van der Waals surface area (Å²) in [5.74, 6) is 0.689. The Labute approximate surface area is 302 Å². The van der Waals surface area contributed by atoms with Crippen LogP contribution in [0.2, 0.25) is 0 Å². The number of piperidine rings is 2. The summed E-state index contributed by atoms with van der Waals surface area (Å²) in [4.78, 5) is 32.5. The van der Waals surface area contributed by atoms with Gasteiger partial charge in [0.1, 0.15) is 5.75 Å². The molecule has 17 heteroatoms. The van der Waals surface area contributed by atoms with Gasteiger partial charge < -0.3 is 52.6 Å². The molecule has 3 aromatic rings. The highest BCUT2D eigenvalue weighted by Gasteiger charge is 2.29. The second-order valence-corrected chi connectivity index (χ2v) is 14.2. The van der Waals surface area contributed by atoms with Crippen LogP contribution in [0.3, 0.4) is 0 Å². The molecule has 0 saturated carbocycles. The molecule has 2 saturated heterocycles. The SMILES string of the molecule is CCCCCCC(=O)N(CC)c1ccc(N(c2ccc(Nc3nc(N4CC(N)CC(N)C4)nc(N4CC(N)CC(N)C4)n3)cc2O)S(=O)[O-])cc1. The van der Waals surface area contributed by atoms with E-state index in [2.05, 4.69) is 22.2 Å². The minimum Gasteiger partial charge on any atom is -0.755 e. The second kappa shape index (κ2) is 17.4. The summed E-state index contributed by atoms with van der Waals surface area (Å²) in [5, 5.41) is 14.3. The molecular weight excluding hydrogens is 673 g/mol. The Bertz CT molecular complexity index is 1590. The van der Waals surface area contributed by atoms with Crippen LogP contribution in [0.1, 0.15) is 58.8 Å². The van der Waals surface area contributed by atoms with Gasteiger partial charge >= 0.3 is 0 Å². The predicted octanol–water partition coefficient (Wildman–Crippen LogP) is 2.31. The number of hydrogen-bond acceptors (Lipinski definition) is 14. The van der Waals surface area contributed by atoms with Gasteiger partial charge in [-0.15, -0.1) is 0 Å². The monoisotopic (exact) mass is 723 g/mol. The zero-order chi connectivity index (χ0) is 36.7. The molecular formula is C34H51N12O4S-. The normalized spacial score (nSPS) is 21.3. The molecule has 2 aliphatic heterocycles. The third kappa shape index (κ3) is 9.81. The predicted molar refractivity (Wildman–Crippen MR) is 201 cm³/mol. The maximum atomic E-state index is 12.9. The molecule has 5 atom stereocenters. The summed E-state index contributed by atoms with van der Waals surface area (Å²) < 4.78 is 26.0. The standard InChI is InChI=1S/C34H52N12O4S/c1-3-5-6-7-8-31(48)45(4-2)27-10-12-28(13-11-27)46(51(49)50)29-14-9-26(17-30(29)47)39-32-40-33(43-18-22(35)15-23(36)19-43)42-34(41-32)44-20-24(37)16-25(38)21-44/h9-14,17,22-25,47H,3-8,15-16,18-21,35-38H2,1-2H3,(H,49,50)(H,39,40,41,42)/p-1. The summed E-state index contributed by atoms with van der Waals surface area (Å²) in [6, 6.07) is 10.5. The Kier molecular flexibility index (Phi) is 13.0. The highest BCUT2D eigenvalue weighted by Crippen LogP contribution is 2.37. The number of carbonyl (C=O) groups is 1. The summed E-state index contributed by atoms with van der Waals surface area (Å²) >= 11 is -2.78. The van der Waals surface area contributed by atoms with Crippen LogP contribution in [0.4, 0.5) is 40.6 Å². The van der Waals surface area contributed by atoms with Gasteiger partial charge in [-0.3, -0.25) is 13.3 Å². The number of amides is 1. The number of unbranched alkanes of at least 4 members (excludes halogenated alkanes) is 3. The van der Waals surface area contributed by atoms with Crippen molar-refractivity contribution in [1.82, 2.24) is 15.0 Å². The van der Waals surface area contributed by atoms with Crippen LogP contribution in [-0.4, -0.2) is 91.6 Å². The number of benzene rings is 2. The fourth-order valence-corrected chi connectivity index (χ4v) is 7.30. The third-order valence-corrected chi connectivity index (χ3v) is 9.77. The molecule has 51 heavy (non-hydrogen) atoms. The van der Waals surface area contributed by atoms with E-state index in [1.165, 1.54) is 12.1 Å². The Morgan fingerprint density at radius 3 is 1.90 bits per heavy atom. The van der Waals surface area contributed by atoms with Gasteiger partial charge in [-0.1, -0.05) is 26.2 Å². The van der Waals surface area contributed by atoms with Crippen LogP contribution in [0.25, 0.3) is 0 Å². The summed E-state index contributed by atoms with van der Waals surface area (Å²) in [7, 11) is 0. The lowest BCUT2D eigenvalue weighted by molar-refractivity contribution is -0.118. The summed E-state index contributed by atoms with van der Waals surface area (Å²) in [5.41, 5.74) is 26.5. The van der Waals surface area contributed by atoms with Crippen molar-refractivity contribution in [2.24, 2.45) is 22.9 Å². The van der Waals surface area contributed by atoms with Crippen LogP contribution < -0.4 is 47.3 Å². The molecule has 0 aliphatic carbocycles. The number of nitrogens with one attached hydrogen (secondary N) is 1. The van der Waals surface area contributed by atoms with Crippen molar-refractivity contribution < 1.29 is 18.7 Å². The smallest absolute Gasteiger partial charge is 0.233 e. The minimum absolute atomic E-state index is 0.0231. The molecule has 5 unspecified atom stereocenters. The van der Waals surface area contributed by atoms with E-state index >= 15 is 0 Å². The number of nitrogens with zero attached hydrogens (tertiary/aromatic N) is 7. The molecule has 278 valence electrons. The van der Waals surface area contributed by atoms with E-state index in [0.717, 1.165) is 30.0 Å². The van der Waals surface area contributed by atoms with Gasteiger partial charge in [0.2, 0.25) is 23.8 Å². The quantitative estimate of drug-likeness (QED) is 0.103. The summed E-state index contributed by atoms with van der Waals surface area (Å²) in [6.07, 6.45) is 5.84. The number of phenols is 1. The maximum absolute atomic E-state index is 12.9. The number of aromatic hydroxyl groups is 1. The van der Waals surface area contributed by atoms with Crippen molar-refractivity contribution in [2.75, 3.05) is 57.0 Å². The lowest BCUT2D eigenvalue weighted by Crippen LogP contribution is -2.54. The molecule has 2 aromatic carbocycles. The van der Waals surface area contributed by atoms with Gasteiger partial charge in [0, 0.05) is 80.8 Å². The molecule has 3 heterocycles. The Morgan fingerprint density at radius 1 is 0.863 bits per heavy atom. The lowest BCUT2D eigenvalue weighted by Gasteiger charge is -2.37. The van der Waals surface area contributed by atoms with E-state index in [-0.39, 0.29) is 53.1 Å². The van der Waals surface area contributed by atoms with Gasteiger partial charge in [-0.05, 0) is 62.6 Å². The van der Waals surface area contributed by atoms with Gasteiger partial charge in [0.05, 0.1) is 22.6 Å². The van der Waals surface area contributed by atoms with Crippen molar-refractivity contribution in [3.05, 3.63) is 42.5 Å². The number of nitrogens with two attached hydrogens (primary N) is 4. The maximum Gasteiger partial charge on any atom is 0.233 e. The van der Waals surface area contributed by atoms with Crippen molar-refractivity contribution >= 4 is 57.8 Å². The first-order valence-corrected chi connectivity index (χ1v) is 18.7. The first-order valence-electron chi connectivity index (χ1n) is 17.6. The minimum atomic E-state index is -2.78. The molecule has 2 fully saturated rings. The largest absolute Gasteiger partial charge is 0.755 e. The van der Waals surface area contributed by atoms with E-state index < -0.39 is 11.3 Å². The molecule has 1 amide bonds. The fourth-order valence-electron chi connectivity index (χ4n) is 6.69. The van der Waals surface area contributed by atoms with Gasteiger partial charge in [-0.2, -0.15) is 15.0 Å². The molecule has 2 aliphatic rings. The van der Waals surface area contributed by atoms with Crippen LogP contribution in [-0.2, 0) is 16.1 Å². The number of rotatable bonds is 14. The third-order valence-electron chi connectivity index (χ3n) is 9.06. The molecule has 0 spiro atoms. The van der Waals surface area contributed by atoms with Crippen LogP contribution in [0.15, 0.2) is 42.5 Å². The van der Waals surface area contributed by atoms with E-state index in [0.29, 0.717) is 75.3 Å². The highest BCUT2D eigenvalue weighted by atomic mass is 32.2. The van der Waals surface area contributed by atoms with Crippen molar-refractivity contribution in [1.29, 1.82) is 0 Å². The van der Waals surface area contributed by atoms with E-state index in [9.17, 15) is 18.7 Å². The lowest BCUT2D eigenvalue weighted by atomic mass is 10.0. The van der Waals surface area contributed by atoms with Crippen molar-refractivity contribution in [3.63, 3.8) is 0 Å². The van der Waals surface area contributed by atoms with Crippen molar-refractivity contribution in [2.45, 2.75) is 83.0 Å². The highest BCUT2D eigenvalue weighted by molar-refractivity contribution is 7.81. The molecule has 10 N–H and O–H groups in total. The zero-order valence-electron chi connectivity index (χ0n) is 29.4. The number of hydrogen-bond donors (Lipinski definition) is 6. The first kappa shape index (κ1) is 38.1. The van der Waals surface area contributed by atoms with Gasteiger partial charge in [0.15, 0.2) is 0 Å². The van der Waals surface area contributed by atoms with Gasteiger partial charge in [0.25, 0.3) is 0 Å². The van der Waals surface area contributed by atoms with Crippen molar-refractivity contribution in [3.8, 4) is 5.75 Å². The fraction of sp³-hybridized carbons (Fsp3) is 0.529. The second-order valence-electron chi connectivity index (χ2n) is 13.4. The van der Waals surface area contributed by atoms with E-state index in [1.54, 1.807) is 35.2 Å². The number of aromatic nitrogens is 3. The number of anilines is 7.